The maximum Gasteiger partial charge on any atom is 0.417 e. The number of alkyl halides is 3. The first-order valence-corrected chi connectivity index (χ1v) is 7.78. The fourth-order valence-electron chi connectivity index (χ4n) is 2.08. The number of halogens is 3. The number of sulfone groups is 1. The third-order valence-electron chi connectivity index (χ3n) is 3.21. The van der Waals surface area contributed by atoms with Gasteiger partial charge in [-0.2, -0.15) is 13.2 Å². The van der Waals surface area contributed by atoms with Gasteiger partial charge in [0.1, 0.15) is 0 Å². The molecule has 0 fully saturated rings. The van der Waals surface area contributed by atoms with E-state index in [0.29, 0.717) is 6.07 Å². The van der Waals surface area contributed by atoms with E-state index in [1.165, 1.54) is 37.3 Å². The Balaban J connectivity index is 2.82. The quantitative estimate of drug-likeness (QED) is 0.924. The van der Waals surface area contributed by atoms with Gasteiger partial charge >= 0.3 is 12.1 Å². The van der Waals surface area contributed by atoms with E-state index in [9.17, 15) is 26.4 Å². The highest BCUT2D eigenvalue weighted by atomic mass is 32.2. The molecule has 0 unspecified atom stereocenters. The molecule has 1 N–H and O–H groups in total. The number of aromatic carboxylic acids is 1. The average molecular weight is 344 g/mol. The van der Waals surface area contributed by atoms with E-state index in [4.69, 9.17) is 5.11 Å². The second-order valence-electron chi connectivity index (χ2n) is 4.78. The summed E-state index contributed by atoms with van der Waals surface area (Å²) in [7, 11) is -4.43. The Morgan fingerprint density at radius 3 is 2.13 bits per heavy atom. The standard InChI is InChI=1S/C15H11F3O4S/c1-9-7-13(23(21,22)10-5-3-2-4-6-10)12(15(16,17)18)8-11(9)14(19)20/h2-8H,1H3,(H,19,20). The smallest absolute Gasteiger partial charge is 0.417 e. The first-order valence-electron chi connectivity index (χ1n) is 6.30. The molecule has 0 aliphatic carbocycles. The van der Waals surface area contributed by atoms with Crippen LogP contribution in [0.15, 0.2) is 52.3 Å². The van der Waals surface area contributed by atoms with E-state index in [-0.39, 0.29) is 10.5 Å². The minimum atomic E-state index is -5.00. The third kappa shape index (κ3) is 3.21. The molecular formula is C15H11F3O4S. The zero-order valence-electron chi connectivity index (χ0n) is 11.8. The van der Waals surface area contributed by atoms with Gasteiger partial charge in [-0.25, -0.2) is 13.2 Å². The summed E-state index contributed by atoms with van der Waals surface area (Å²) in [6, 6.07) is 7.76. The SMILES string of the molecule is Cc1cc(S(=O)(=O)c2ccccc2)c(C(F)(F)F)cc1C(=O)O. The Hall–Kier alpha value is -2.35. The fourth-order valence-corrected chi connectivity index (χ4v) is 3.65. The molecule has 0 heterocycles. The zero-order chi connectivity index (χ0) is 17.4. The highest BCUT2D eigenvalue weighted by molar-refractivity contribution is 7.91. The van der Waals surface area contributed by atoms with E-state index in [1.54, 1.807) is 0 Å². The molecule has 122 valence electrons. The van der Waals surface area contributed by atoms with Gasteiger partial charge in [-0.1, -0.05) is 18.2 Å². The lowest BCUT2D eigenvalue weighted by Crippen LogP contribution is -2.16. The molecule has 2 rings (SSSR count). The van der Waals surface area contributed by atoms with Crippen LogP contribution in [0.4, 0.5) is 13.2 Å². The summed E-state index contributed by atoms with van der Waals surface area (Å²) in [5, 5.41) is 8.95. The van der Waals surface area contributed by atoms with Gasteiger partial charge in [-0.05, 0) is 36.8 Å². The lowest BCUT2D eigenvalue weighted by atomic mass is 10.0. The molecule has 0 aromatic heterocycles. The Morgan fingerprint density at radius 1 is 1.09 bits per heavy atom. The molecular weight excluding hydrogens is 333 g/mol. The number of hydrogen-bond acceptors (Lipinski definition) is 3. The molecule has 0 spiro atoms. The van der Waals surface area contributed by atoms with Crippen molar-refractivity contribution in [1.29, 1.82) is 0 Å². The zero-order valence-corrected chi connectivity index (χ0v) is 12.6. The van der Waals surface area contributed by atoms with Crippen LogP contribution in [0.3, 0.4) is 0 Å². The first kappa shape index (κ1) is 17.0. The van der Waals surface area contributed by atoms with Gasteiger partial charge in [0.2, 0.25) is 9.84 Å². The minimum absolute atomic E-state index is 0.0694. The molecule has 0 saturated heterocycles. The Bertz CT molecular complexity index is 856. The average Bonchev–Trinajstić information content (AvgIpc) is 2.46. The highest BCUT2D eigenvalue weighted by Crippen LogP contribution is 2.38. The molecule has 0 saturated carbocycles. The van der Waals surface area contributed by atoms with Gasteiger partial charge < -0.3 is 5.11 Å². The van der Waals surface area contributed by atoms with E-state index < -0.39 is 38.0 Å². The van der Waals surface area contributed by atoms with Crippen LogP contribution < -0.4 is 0 Å². The highest BCUT2D eigenvalue weighted by Gasteiger charge is 2.39. The fraction of sp³-hybridized carbons (Fsp3) is 0.133. The van der Waals surface area contributed by atoms with Crippen LogP contribution in [0.5, 0.6) is 0 Å². The second-order valence-corrected chi connectivity index (χ2v) is 6.70. The Labute approximate surface area is 130 Å². The molecule has 2 aromatic rings. The maximum atomic E-state index is 13.2. The van der Waals surface area contributed by atoms with Crippen LogP contribution in [0.25, 0.3) is 0 Å². The Morgan fingerprint density at radius 2 is 1.65 bits per heavy atom. The van der Waals surface area contributed by atoms with Crippen molar-refractivity contribution in [2.45, 2.75) is 22.9 Å². The van der Waals surface area contributed by atoms with Gasteiger partial charge in [0, 0.05) is 0 Å². The van der Waals surface area contributed by atoms with E-state index in [1.807, 2.05) is 0 Å². The van der Waals surface area contributed by atoms with Crippen molar-refractivity contribution in [3.8, 4) is 0 Å². The van der Waals surface area contributed by atoms with Gasteiger partial charge in [-0.3, -0.25) is 0 Å². The minimum Gasteiger partial charge on any atom is -0.478 e. The van der Waals surface area contributed by atoms with Crippen LogP contribution in [-0.4, -0.2) is 19.5 Å². The van der Waals surface area contributed by atoms with Crippen LogP contribution in [0, 0.1) is 6.92 Å². The number of carbonyl (C=O) groups is 1. The molecule has 8 heteroatoms. The number of hydrogen-bond donors (Lipinski definition) is 1. The normalized spacial score (nSPS) is 12.2. The van der Waals surface area contributed by atoms with Crippen molar-refractivity contribution < 1.29 is 31.5 Å². The summed E-state index contributed by atoms with van der Waals surface area (Å²) in [5.41, 5.74) is -2.16. The number of carboxylic acid groups (broad SMARTS) is 1. The lowest BCUT2D eigenvalue weighted by Gasteiger charge is -2.15. The molecule has 0 radical (unpaired) electrons. The Kier molecular flexibility index (Phi) is 4.21. The van der Waals surface area contributed by atoms with Crippen molar-refractivity contribution >= 4 is 15.8 Å². The molecule has 0 bridgehead atoms. The van der Waals surface area contributed by atoms with Crippen molar-refractivity contribution in [3.05, 3.63) is 59.2 Å². The molecule has 4 nitrogen and oxygen atoms in total. The molecule has 0 aliphatic heterocycles. The molecule has 2 aromatic carbocycles. The maximum absolute atomic E-state index is 13.2. The summed E-state index contributed by atoms with van der Waals surface area (Å²) in [5.74, 6) is -1.56. The van der Waals surface area contributed by atoms with Crippen molar-refractivity contribution in [1.82, 2.24) is 0 Å². The van der Waals surface area contributed by atoms with Crippen molar-refractivity contribution in [3.63, 3.8) is 0 Å². The summed E-state index contributed by atoms with van der Waals surface area (Å²) in [6.45, 7) is 1.24. The summed E-state index contributed by atoms with van der Waals surface area (Å²) < 4.78 is 64.6. The summed E-state index contributed by atoms with van der Waals surface area (Å²) in [6.07, 6.45) is -5.00. The largest absolute Gasteiger partial charge is 0.478 e. The summed E-state index contributed by atoms with van der Waals surface area (Å²) >= 11 is 0. The number of benzene rings is 2. The molecule has 0 amide bonds. The number of rotatable bonds is 3. The van der Waals surface area contributed by atoms with Crippen LogP contribution >= 0.6 is 0 Å². The van der Waals surface area contributed by atoms with Gasteiger partial charge in [0.25, 0.3) is 0 Å². The third-order valence-corrected chi connectivity index (χ3v) is 5.01. The van der Waals surface area contributed by atoms with Crippen molar-refractivity contribution in [2.75, 3.05) is 0 Å². The van der Waals surface area contributed by atoms with Crippen LogP contribution in [0.1, 0.15) is 21.5 Å². The van der Waals surface area contributed by atoms with Gasteiger partial charge in [0.05, 0.1) is 20.9 Å². The lowest BCUT2D eigenvalue weighted by molar-refractivity contribution is -0.139. The first-order chi connectivity index (χ1) is 10.5. The predicted molar refractivity (Wildman–Crippen MR) is 75.0 cm³/mol. The van der Waals surface area contributed by atoms with Crippen LogP contribution in [0.2, 0.25) is 0 Å². The monoisotopic (exact) mass is 344 g/mol. The van der Waals surface area contributed by atoms with Crippen LogP contribution in [-0.2, 0) is 16.0 Å². The van der Waals surface area contributed by atoms with Crippen molar-refractivity contribution in [2.24, 2.45) is 0 Å². The topological polar surface area (TPSA) is 71.4 Å². The second kappa shape index (κ2) is 5.69. The molecule has 0 aliphatic rings. The molecule has 23 heavy (non-hydrogen) atoms. The van der Waals surface area contributed by atoms with E-state index >= 15 is 0 Å². The van der Waals surface area contributed by atoms with Gasteiger partial charge in [-0.15, -0.1) is 0 Å². The van der Waals surface area contributed by atoms with E-state index in [2.05, 4.69) is 0 Å². The summed E-state index contributed by atoms with van der Waals surface area (Å²) in [4.78, 5) is 9.76. The molecule has 0 atom stereocenters. The van der Waals surface area contributed by atoms with E-state index in [0.717, 1.165) is 6.07 Å². The number of carboxylic acids is 1. The predicted octanol–water partition coefficient (Wildman–Crippen LogP) is 3.54. The van der Waals surface area contributed by atoms with Gasteiger partial charge in [0.15, 0.2) is 0 Å². The number of aryl methyl sites for hydroxylation is 1.